The molecule has 0 heterocycles. The van der Waals surface area contributed by atoms with Crippen molar-refractivity contribution in [1.82, 2.24) is 0 Å². The lowest BCUT2D eigenvalue weighted by atomic mass is 9.96. The van der Waals surface area contributed by atoms with Gasteiger partial charge in [0.05, 0.1) is 5.02 Å². The molecule has 3 heteroatoms. The summed E-state index contributed by atoms with van der Waals surface area (Å²) in [6.07, 6.45) is 0. The van der Waals surface area contributed by atoms with Gasteiger partial charge >= 0.3 is 0 Å². The van der Waals surface area contributed by atoms with Gasteiger partial charge in [-0.1, -0.05) is 50.9 Å². The van der Waals surface area contributed by atoms with Gasteiger partial charge in [0.2, 0.25) is 0 Å². The summed E-state index contributed by atoms with van der Waals surface area (Å²) in [7, 11) is 0. The van der Waals surface area contributed by atoms with Crippen LogP contribution in [0.2, 0.25) is 10.0 Å². The highest BCUT2D eigenvalue weighted by atomic mass is 35.5. The summed E-state index contributed by atoms with van der Waals surface area (Å²) in [6, 6.07) is 1.81. The second kappa shape index (κ2) is 4.63. The largest absolute Gasteiger partial charge is 0.506 e. The third kappa shape index (κ3) is 2.40. The highest BCUT2D eigenvalue weighted by molar-refractivity contribution is 6.37. The van der Waals surface area contributed by atoms with Crippen LogP contribution < -0.4 is 0 Å². The summed E-state index contributed by atoms with van der Waals surface area (Å²) in [5.41, 5.74) is 1.62. The molecule has 0 radical (unpaired) electrons. The summed E-state index contributed by atoms with van der Waals surface area (Å²) in [4.78, 5) is 0. The summed E-state index contributed by atoms with van der Waals surface area (Å²) >= 11 is 12.3. The Morgan fingerprint density at radius 3 is 2.00 bits per heavy atom. The van der Waals surface area contributed by atoms with Crippen molar-refractivity contribution in [2.45, 2.75) is 39.5 Å². The molecular weight excluding hydrogens is 231 g/mol. The van der Waals surface area contributed by atoms with E-state index in [4.69, 9.17) is 23.2 Å². The number of benzene rings is 1. The zero-order valence-electron chi connectivity index (χ0n) is 9.44. The van der Waals surface area contributed by atoms with Crippen molar-refractivity contribution in [1.29, 1.82) is 0 Å². The van der Waals surface area contributed by atoms with Gasteiger partial charge in [-0.25, -0.2) is 0 Å². The van der Waals surface area contributed by atoms with Crippen LogP contribution in [0.15, 0.2) is 6.07 Å². The third-order valence-corrected chi connectivity index (χ3v) is 3.15. The molecule has 0 bridgehead atoms. The van der Waals surface area contributed by atoms with Crippen molar-refractivity contribution in [3.8, 4) is 5.75 Å². The first-order valence-electron chi connectivity index (χ1n) is 5.07. The van der Waals surface area contributed by atoms with E-state index >= 15 is 0 Å². The van der Waals surface area contributed by atoms with E-state index in [9.17, 15) is 5.11 Å². The number of hydrogen-bond acceptors (Lipinski definition) is 1. The van der Waals surface area contributed by atoms with Crippen LogP contribution in [0, 0.1) is 0 Å². The fourth-order valence-electron chi connectivity index (χ4n) is 1.61. The minimum Gasteiger partial charge on any atom is -0.506 e. The monoisotopic (exact) mass is 246 g/mol. The molecule has 0 spiro atoms. The fourth-order valence-corrected chi connectivity index (χ4v) is 2.52. The predicted octanol–water partition coefficient (Wildman–Crippen LogP) is 4.95. The Bertz CT molecular complexity index is 370. The van der Waals surface area contributed by atoms with Crippen LogP contribution in [-0.2, 0) is 0 Å². The van der Waals surface area contributed by atoms with E-state index in [0.29, 0.717) is 10.0 Å². The van der Waals surface area contributed by atoms with Gasteiger partial charge in [-0.3, -0.25) is 0 Å². The van der Waals surface area contributed by atoms with Gasteiger partial charge in [0, 0.05) is 5.02 Å². The second-order valence-corrected chi connectivity index (χ2v) is 5.12. The Morgan fingerprint density at radius 1 is 1.07 bits per heavy atom. The molecule has 0 aliphatic carbocycles. The summed E-state index contributed by atoms with van der Waals surface area (Å²) < 4.78 is 0. The Balaban J connectivity index is 3.44. The van der Waals surface area contributed by atoms with Gasteiger partial charge in [0.25, 0.3) is 0 Å². The first-order valence-corrected chi connectivity index (χ1v) is 5.82. The van der Waals surface area contributed by atoms with E-state index in [1.165, 1.54) is 0 Å². The van der Waals surface area contributed by atoms with Gasteiger partial charge in [-0.05, 0) is 29.0 Å². The van der Waals surface area contributed by atoms with E-state index in [1.807, 2.05) is 33.8 Å². The standard InChI is InChI=1S/C12H16Cl2O/c1-6(2)8-5-9(13)10(7(3)4)11(14)12(8)15/h5-7,15H,1-4H3. The summed E-state index contributed by atoms with van der Waals surface area (Å²) in [6.45, 7) is 8.00. The maximum atomic E-state index is 9.93. The molecule has 0 aliphatic rings. The SMILES string of the molecule is CC(C)c1cc(Cl)c(C(C)C)c(Cl)c1O. The first-order chi connectivity index (χ1) is 6.86. The summed E-state index contributed by atoms with van der Waals surface area (Å²) in [5, 5.41) is 11.0. The Hall–Kier alpha value is -0.400. The average Bonchev–Trinajstić information content (AvgIpc) is 2.10. The maximum Gasteiger partial charge on any atom is 0.138 e. The highest BCUT2D eigenvalue weighted by Crippen LogP contribution is 2.42. The van der Waals surface area contributed by atoms with Crippen LogP contribution in [0.5, 0.6) is 5.75 Å². The molecule has 1 aromatic rings. The lowest BCUT2D eigenvalue weighted by Crippen LogP contribution is -1.96. The molecule has 0 saturated heterocycles. The van der Waals surface area contributed by atoms with Crippen molar-refractivity contribution >= 4 is 23.2 Å². The molecule has 0 fully saturated rings. The van der Waals surface area contributed by atoms with E-state index < -0.39 is 0 Å². The third-order valence-electron chi connectivity index (χ3n) is 2.46. The Labute approximate surface area is 101 Å². The van der Waals surface area contributed by atoms with Crippen LogP contribution in [0.4, 0.5) is 0 Å². The second-order valence-electron chi connectivity index (χ2n) is 4.33. The van der Waals surface area contributed by atoms with Crippen molar-refractivity contribution in [3.63, 3.8) is 0 Å². The van der Waals surface area contributed by atoms with Crippen molar-refractivity contribution < 1.29 is 5.11 Å². The van der Waals surface area contributed by atoms with Gasteiger partial charge in [0.15, 0.2) is 0 Å². The molecule has 0 unspecified atom stereocenters. The topological polar surface area (TPSA) is 20.2 Å². The van der Waals surface area contributed by atoms with Gasteiger partial charge in [0.1, 0.15) is 5.75 Å². The minimum atomic E-state index is 0.166. The maximum absolute atomic E-state index is 9.93. The van der Waals surface area contributed by atoms with Crippen LogP contribution >= 0.6 is 23.2 Å². The predicted molar refractivity (Wildman–Crippen MR) is 66.3 cm³/mol. The average molecular weight is 247 g/mol. The molecule has 1 N–H and O–H groups in total. The normalized spacial score (nSPS) is 11.5. The van der Waals surface area contributed by atoms with Gasteiger partial charge in [-0.15, -0.1) is 0 Å². The van der Waals surface area contributed by atoms with Crippen LogP contribution in [-0.4, -0.2) is 5.11 Å². The molecular formula is C12H16Cl2O. The van der Waals surface area contributed by atoms with E-state index in [-0.39, 0.29) is 17.6 Å². The lowest BCUT2D eigenvalue weighted by Gasteiger charge is -2.17. The van der Waals surface area contributed by atoms with E-state index in [1.54, 1.807) is 0 Å². The van der Waals surface area contributed by atoms with E-state index in [2.05, 4.69) is 0 Å². The molecule has 0 atom stereocenters. The zero-order valence-corrected chi connectivity index (χ0v) is 10.9. The van der Waals surface area contributed by atoms with Gasteiger partial charge < -0.3 is 5.11 Å². The number of aromatic hydroxyl groups is 1. The number of hydrogen-bond donors (Lipinski definition) is 1. The number of phenols is 1. The molecule has 0 saturated carbocycles. The lowest BCUT2D eigenvalue weighted by molar-refractivity contribution is 0.464. The Kier molecular flexibility index (Phi) is 3.91. The van der Waals surface area contributed by atoms with Crippen molar-refractivity contribution in [2.24, 2.45) is 0 Å². The molecule has 0 aromatic heterocycles. The fraction of sp³-hybridized carbons (Fsp3) is 0.500. The quantitative estimate of drug-likeness (QED) is 0.784. The first kappa shape index (κ1) is 12.7. The molecule has 15 heavy (non-hydrogen) atoms. The number of rotatable bonds is 2. The smallest absolute Gasteiger partial charge is 0.138 e. The minimum absolute atomic E-state index is 0.166. The van der Waals surface area contributed by atoms with Crippen molar-refractivity contribution in [3.05, 3.63) is 27.2 Å². The highest BCUT2D eigenvalue weighted by Gasteiger charge is 2.18. The van der Waals surface area contributed by atoms with E-state index in [0.717, 1.165) is 11.1 Å². The number of halogens is 2. The van der Waals surface area contributed by atoms with Crippen LogP contribution in [0.25, 0.3) is 0 Å². The Morgan fingerprint density at radius 2 is 1.60 bits per heavy atom. The molecule has 0 amide bonds. The molecule has 0 aliphatic heterocycles. The molecule has 1 aromatic carbocycles. The van der Waals surface area contributed by atoms with Crippen LogP contribution in [0.1, 0.15) is 50.7 Å². The molecule has 1 rings (SSSR count). The summed E-state index contributed by atoms with van der Waals surface area (Å²) in [5.74, 6) is 0.582. The molecule has 84 valence electrons. The van der Waals surface area contributed by atoms with Gasteiger partial charge in [-0.2, -0.15) is 0 Å². The zero-order chi connectivity index (χ0) is 11.7. The molecule has 1 nitrogen and oxygen atoms in total. The van der Waals surface area contributed by atoms with Crippen LogP contribution in [0.3, 0.4) is 0 Å². The number of phenolic OH excluding ortho intramolecular Hbond substituents is 1. The van der Waals surface area contributed by atoms with Crippen molar-refractivity contribution in [2.75, 3.05) is 0 Å².